The van der Waals surface area contributed by atoms with E-state index in [1.54, 1.807) is 0 Å². The first-order valence-corrected chi connectivity index (χ1v) is 1.89. The Labute approximate surface area is 40.5 Å². The van der Waals surface area contributed by atoms with Crippen molar-refractivity contribution in [3.63, 3.8) is 0 Å². The summed E-state index contributed by atoms with van der Waals surface area (Å²) in [5.41, 5.74) is 8.01. The molecule has 36 valence electrons. The summed E-state index contributed by atoms with van der Waals surface area (Å²) in [6.45, 7) is 0.469. The lowest BCUT2D eigenvalue weighted by molar-refractivity contribution is -0.00949. The summed E-state index contributed by atoms with van der Waals surface area (Å²) in [5, 5.41) is 2.61. The summed E-state index contributed by atoms with van der Waals surface area (Å²) in [6, 6.07) is 0. The lowest BCUT2D eigenvalue weighted by atomic mass is 10.6. The molecule has 0 saturated carbocycles. The molecule has 0 amide bonds. The van der Waals surface area contributed by atoms with E-state index in [0.717, 1.165) is 0 Å². The third kappa shape index (κ3) is 0.639. The summed E-state index contributed by atoms with van der Waals surface area (Å²) in [7, 11) is 0. The highest BCUT2D eigenvalue weighted by Crippen LogP contribution is 1.73. The minimum absolute atomic E-state index is 0.469. The number of nitrogens with one attached hydrogen (secondary N) is 1. The number of amidine groups is 1. The van der Waals surface area contributed by atoms with Crippen LogP contribution in [0.2, 0.25) is 0 Å². The molecule has 4 heteroatoms. The zero-order valence-electron chi connectivity index (χ0n) is 3.63. The van der Waals surface area contributed by atoms with Gasteiger partial charge in [0.25, 0.3) is 0 Å². The van der Waals surface area contributed by atoms with Gasteiger partial charge in [0.05, 0.1) is 0 Å². The van der Waals surface area contributed by atoms with Gasteiger partial charge in [0, 0.05) is 0 Å². The molecule has 1 heterocycles. The van der Waals surface area contributed by atoms with Crippen molar-refractivity contribution in [1.29, 1.82) is 0 Å². The predicted molar refractivity (Wildman–Crippen MR) is 25.1 cm³/mol. The van der Waals surface area contributed by atoms with E-state index in [-0.39, 0.29) is 0 Å². The van der Waals surface area contributed by atoms with Crippen LogP contribution < -0.4 is 5.32 Å². The molecule has 0 unspecified atom stereocenters. The summed E-state index contributed by atoms with van der Waals surface area (Å²) in [5.74, 6) is 0.500. The molecule has 0 aromatic carbocycles. The van der Waals surface area contributed by atoms with Gasteiger partial charge in [0.2, 0.25) is 0 Å². The molecule has 1 N–H and O–H groups in total. The van der Waals surface area contributed by atoms with Crippen LogP contribution in [0, 0.1) is 0 Å². The van der Waals surface area contributed by atoms with Gasteiger partial charge in [0.1, 0.15) is 0 Å². The zero-order chi connectivity index (χ0) is 5.11. The fourth-order valence-electron chi connectivity index (χ4n) is 0.358. The van der Waals surface area contributed by atoms with Crippen LogP contribution in [0.25, 0.3) is 5.53 Å². The molecule has 0 saturated heterocycles. The van der Waals surface area contributed by atoms with Crippen molar-refractivity contribution >= 4 is 12.2 Å². The van der Waals surface area contributed by atoms with E-state index in [0.29, 0.717) is 12.4 Å². The van der Waals surface area contributed by atoms with Gasteiger partial charge in [-0.25, -0.2) is 10.3 Å². The fraction of sp³-hybridized carbons (Fsp3) is 0.333. The fourth-order valence-corrected chi connectivity index (χ4v) is 0.358. The van der Waals surface area contributed by atoms with Gasteiger partial charge in [-0.05, 0) is 0 Å². The molecule has 0 bridgehead atoms. The Kier molecular flexibility index (Phi) is 0.880. The molecule has 0 spiro atoms. The molecule has 0 aromatic rings. The SMILES string of the molecule is [N-]=[N+]=C1CN=CN1. The first-order valence-electron chi connectivity index (χ1n) is 1.89. The minimum atomic E-state index is 0.469. The zero-order valence-corrected chi connectivity index (χ0v) is 3.63. The Balaban J connectivity index is 2.68. The van der Waals surface area contributed by atoms with Crippen molar-refractivity contribution in [2.75, 3.05) is 6.54 Å². The third-order valence-electron chi connectivity index (χ3n) is 0.684. The first-order chi connectivity index (χ1) is 3.43. The highest BCUT2D eigenvalue weighted by Gasteiger charge is 2.06. The van der Waals surface area contributed by atoms with Crippen molar-refractivity contribution < 1.29 is 4.79 Å². The van der Waals surface area contributed by atoms with E-state index in [1.807, 2.05) is 0 Å². The van der Waals surface area contributed by atoms with Crippen LogP contribution in [0.1, 0.15) is 0 Å². The van der Waals surface area contributed by atoms with Crippen molar-refractivity contribution in [2.45, 2.75) is 0 Å². The number of hydrogen-bond donors (Lipinski definition) is 1. The predicted octanol–water partition coefficient (Wildman–Crippen LogP) is -0.754. The molecular formula is C3H4N4. The molecule has 0 atom stereocenters. The van der Waals surface area contributed by atoms with Crippen LogP contribution in [0.5, 0.6) is 0 Å². The lowest BCUT2D eigenvalue weighted by Gasteiger charge is -1.73. The second-order valence-corrected chi connectivity index (χ2v) is 1.16. The van der Waals surface area contributed by atoms with E-state index >= 15 is 0 Å². The maximum Gasteiger partial charge on any atom is 0.354 e. The van der Waals surface area contributed by atoms with Crippen LogP contribution in [0.4, 0.5) is 0 Å². The second kappa shape index (κ2) is 1.53. The van der Waals surface area contributed by atoms with Gasteiger partial charge < -0.3 is 10.3 Å². The molecule has 1 aliphatic heterocycles. The molecule has 0 aromatic heterocycles. The van der Waals surface area contributed by atoms with Crippen LogP contribution in [-0.2, 0) is 0 Å². The maximum atomic E-state index is 8.01. The first kappa shape index (κ1) is 4.02. The Morgan fingerprint density at radius 2 is 2.86 bits per heavy atom. The van der Waals surface area contributed by atoms with E-state index < -0.39 is 0 Å². The summed E-state index contributed by atoms with van der Waals surface area (Å²) >= 11 is 0. The smallest absolute Gasteiger partial charge is 0.354 e. The molecular weight excluding hydrogens is 92.1 g/mol. The summed E-state index contributed by atoms with van der Waals surface area (Å²) < 4.78 is 0. The maximum absolute atomic E-state index is 8.01. The Hall–Kier alpha value is -1.15. The van der Waals surface area contributed by atoms with Crippen molar-refractivity contribution in [3.05, 3.63) is 5.53 Å². The normalized spacial score (nSPS) is 16.3. The topological polar surface area (TPSA) is 60.8 Å². The number of nitrogens with zero attached hydrogens (tertiary/aromatic N) is 3. The number of aliphatic imine (C=N–C) groups is 1. The van der Waals surface area contributed by atoms with E-state index in [4.69, 9.17) is 5.53 Å². The van der Waals surface area contributed by atoms with Crippen LogP contribution in [-0.4, -0.2) is 23.5 Å². The average Bonchev–Trinajstić information content (AvgIpc) is 2.14. The van der Waals surface area contributed by atoms with Crippen molar-refractivity contribution in [2.24, 2.45) is 4.99 Å². The van der Waals surface area contributed by atoms with Crippen LogP contribution >= 0.6 is 0 Å². The van der Waals surface area contributed by atoms with Gasteiger partial charge in [-0.3, -0.25) is 0 Å². The molecule has 0 fully saturated rings. The highest BCUT2D eigenvalue weighted by molar-refractivity contribution is 5.94. The van der Waals surface area contributed by atoms with Gasteiger partial charge in [-0.1, -0.05) is 0 Å². The Morgan fingerprint density at radius 3 is 3.14 bits per heavy atom. The molecule has 0 radical (unpaired) electrons. The van der Waals surface area contributed by atoms with Gasteiger partial charge in [-0.15, -0.1) is 0 Å². The van der Waals surface area contributed by atoms with Crippen molar-refractivity contribution in [3.8, 4) is 0 Å². The second-order valence-electron chi connectivity index (χ2n) is 1.16. The minimum Gasteiger partial charge on any atom is -0.497 e. The van der Waals surface area contributed by atoms with Gasteiger partial charge >= 0.3 is 5.84 Å². The number of rotatable bonds is 0. The Bertz CT molecular complexity index is 131. The molecule has 7 heavy (non-hydrogen) atoms. The molecule has 0 aliphatic carbocycles. The highest BCUT2D eigenvalue weighted by atomic mass is 15.1. The van der Waals surface area contributed by atoms with E-state index in [9.17, 15) is 0 Å². The third-order valence-corrected chi connectivity index (χ3v) is 0.684. The summed E-state index contributed by atoms with van der Waals surface area (Å²) in [4.78, 5) is 6.58. The molecule has 1 rings (SSSR count). The monoisotopic (exact) mass is 96.0 g/mol. The van der Waals surface area contributed by atoms with Crippen LogP contribution in [0.3, 0.4) is 0 Å². The van der Waals surface area contributed by atoms with E-state index in [2.05, 4.69) is 15.1 Å². The molecule has 1 aliphatic rings. The van der Waals surface area contributed by atoms with Gasteiger partial charge in [-0.2, -0.15) is 0 Å². The van der Waals surface area contributed by atoms with Crippen LogP contribution in [0.15, 0.2) is 4.99 Å². The van der Waals surface area contributed by atoms with Gasteiger partial charge in [0.15, 0.2) is 12.9 Å². The quantitative estimate of drug-likeness (QED) is 0.313. The van der Waals surface area contributed by atoms with E-state index in [1.165, 1.54) is 6.34 Å². The Morgan fingerprint density at radius 1 is 2.00 bits per heavy atom. The molecule has 4 nitrogen and oxygen atoms in total. The summed E-state index contributed by atoms with van der Waals surface area (Å²) in [6.07, 6.45) is 1.50. The standard InChI is InChI=1S/C3H4N4/c4-7-3-1-5-2-6-3/h2H,1H2,(H,5,6). The largest absolute Gasteiger partial charge is 0.497 e. The lowest BCUT2D eigenvalue weighted by Crippen LogP contribution is -2.17. The van der Waals surface area contributed by atoms with Crippen molar-refractivity contribution in [1.82, 2.24) is 5.32 Å². The number of hydrogen-bond acceptors (Lipinski definition) is 1. The average molecular weight is 96.1 g/mol.